The standard InChI is InChI=1S/C18H18N4O2S2/c1-3-13(17(23)19-10-12-5-4-7-25-12)22-18(24)15-9-16-14(6-8-26-16)21(15)11(2)20-22/h4-9,13H,3,10H2,1-2H3,(H,19,23)/t13-/m1/s1. The Hall–Kier alpha value is -2.45. The maximum absolute atomic E-state index is 13.0. The predicted octanol–water partition coefficient (Wildman–Crippen LogP) is 3.35. The lowest BCUT2D eigenvalue weighted by Gasteiger charge is -2.17. The van der Waals surface area contributed by atoms with Gasteiger partial charge in [0.25, 0.3) is 5.56 Å². The number of aryl methyl sites for hydroxylation is 1. The number of hydrogen-bond donors (Lipinski definition) is 1. The summed E-state index contributed by atoms with van der Waals surface area (Å²) >= 11 is 3.18. The number of hydrogen-bond acceptors (Lipinski definition) is 5. The molecule has 0 aliphatic carbocycles. The Bertz CT molecular complexity index is 1140. The molecule has 0 fully saturated rings. The van der Waals surface area contributed by atoms with E-state index in [0.717, 1.165) is 15.1 Å². The molecule has 26 heavy (non-hydrogen) atoms. The van der Waals surface area contributed by atoms with Crippen LogP contribution in [0.15, 0.2) is 39.8 Å². The van der Waals surface area contributed by atoms with E-state index in [4.69, 9.17) is 0 Å². The highest BCUT2D eigenvalue weighted by Gasteiger charge is 2.23. The first-order chi connectivity index (χ1) is 12.6. The Morgan fingerprint density at radius 1 is 1.27 bits per heavy atom. The third-order valence-corrected chi connectivity index (χ3v) is 6.16. The minimum absolute atomic E-state index is 0.187. The smallest absolute Gasteiger partial charge is 0.291 e. The van der Waals surface area contributed by atoms with Gasteiger partial charge in [-0.05, 0) is 42.3 Å². The summed E-state index contributed by atoms with van der Waals surface area (Å²) in [5, 5.41) is 11.3. The number of carbonyl (C=O) groups is 1. The Labute approximate surface area is 157 Å². The number of rotatable bonds is 5. The lowest BCUT2D eigenvalue weighted by molar-refractivity contribution is -0.125. The third kappa shape index (κ3) is 2.75. The molecule has 134 valence electrons. The van der Waals surface area contributed by atoms with E-state index in [1.54, 1.807) is 22.7 Å². The van der Waals surface area contributed by atoms with Gasteiger partial charge >= 0.3 is 0 Å². The molecule has 0 saturated heterocycles. The van der Waals surface area contributed by atoms with E-state index in [-0.39, 0.29) is 11.5 Å². The van der Waals surface area contributed by atoms with Crippen molar-refractivity contribution in [2.24, 2.45) is 0 Å². The van der Waals surface area contributed by atoms with E-state index in [9.17, 15) is 9.59 Å². The van der Waals surface area contributed by atoms with Gasteiger partial charge in [-0.3, -0.25) is 14.0 Å². The Morgan fingerprint density at radius 2 is 2.12 bits per heavy atom. The summed E-state index contributed by atoms with van der Waals surface area (Å²) < 4.78 is 4.23. The first-order valence-electron chi connectivity index (χ1n) is 8.38. The minimum atomic E-state index is -0.626. The summed E-state index contributed by atoms with van der Waals surface area (Å²) in [7, 11) is 0. The fourth-order valence-corrected chi connectivity index (χ4v) is 4.63. The molecule has 6 nitrogen and oxygen atoms in total. The molecule has 1 amide bonds. The number of carbonyl (C=O) groups excluding carboxylic acids is 1. The monoisotopic (exact) mass is 386 g/mol. The summed E-state index contributed by atoms with van der Waals surface area (Å²) in [4.78, 5) is 26.7. The van der Waals surface area contributed by atoms with Gasteiger partial charge in [-0.1, -0.05) is 13.0 Å². The second kappa shape index (κ2) is 6.69. The van der Waals surface area contributed by atoms with Crippen molar-refractivity contribution in [1.29, 1.82) is 0 Å². The maximum Gasteiger partial charge on any atom is 0.291 e. The first kappa shape index (κ1) is 17.0. The van der Waals surface area contributed by atoms with Crippen LogP contribution in [-0.4, -0.2) is 20.1 Å². The molecule has 0 saturated carbocycles. The van der Waals surface area contributed by atoms with Crippen LogP contribution in [0.25, 0.3) is 15.7 Å². The van der Waals surface area contributed by atoms with Crippen molar-refractivity contribution in [3.05, 3.63) is 56.1 Å². The molecule has 0 bridgehead atoms. The molecule has 4 rings (SSSR count). The second-order valence-corrected chi connectivity index (χ2v) is 8.03. The zero-order valence-corrected chi connectivity index (χ0v) is 16.1. The fourth-order valence-electron chi connectivity index (χ4n) is 3.18. The van der Waals surface area contributed by atoms with Crippen molar-refractivity contribution < 1.29 is 4.79 Å². The van der Waals surface area contributed by atoms with Crippen molar-refractivity contribution in [2.75, 3.05) is 0 Å². The van der Waals surface area contributed by atoms with Crippen LogP contribution >= 0.6 is 22.7 Å². The van der Waals surface area contributed by atoms with Gasteiger partial charge in [0.2, 0.25) is 5.91 Å². The van der Waals surface area contributed by atoms with Crippen LogP contribution in [0.1, 0.15) is 30.1 Å². The summed E-state index contributed by atoms with van der Waals surface area (Å²) in [5.74, 6) is 0.505. The van der Waals surface area contributed by atoms with E-state index in [1.165, 1.54) is 4.68 Å². The highest BCUT2D eigenvalue weighted by molar-refractivity contribution is 7.17. The minimum Gasteiger partial charge on any atom is -0.349 e. The van der Waals surface area contributed by atoms with Crippen LogP contribution in [0.5, 0.6) is 0 Å². The first-order valence-corrected chi connectivity index (χ1v) is 10.1. The van der Waals surface area contributed by atoms with Crippen LogP contribution in [0, 0.1) is 6.92 Å². The predicted molar refractivity (Wildman–Crippen MR) is 105 cm³/mol. The molecule has 1 atom stereocenters. The van der Waals surface area contributed by atoms with Crippen molar-refractivity contribution >= 4 is 44.3 Å². The normalized spacial score (nSPS) is 12.7. The van der Waals surface area contributed by atoms with Crippen LogP contribution in [0.2, 0.25) is 0 Å². The summed E-state index contributed by atoms with van der Waals surface area (Å²) in [6.07, 6.45) is 0.494. The Morgan fingerprint density at radius 3 is 2.85 bits per heavy atom. The lowest BCUT2D eigenvalue weighted by atomic mass is 10.2. The van der Waals surface area contributed by atoms with Crippen LogP contribution in [-0.2, 0) is 11.3 Å². The molecule has 8 heteroatoms. The zero-order chi connectivity index (χ0) is 18.3. The van der Waals surface area contributed by atoms with Crippen molar-refractivity contribution in [2.45, 2.75) is 32.9 Å². The topological polar surface area (TPSA) is 68.4 Å². The van der Waals surface area contributed by atoms with Crippen LogP contribution in [0.4, 0.5) is 0 Å². The van der Waals surface area contributed by atoms with Gasteiger partial charge in [0.05, 0.1) is 16.8 Å². The molecule has 1 N–H and O–H groups in total. The van der Waals surface area contributed by atoms with Gasteiger partial charge < -0.3 is 5.32 Å². The summed E-state index contributed by atoms with van der Waals surface area (Å²) in [6, 6.07) is 7.16. The summed E-state index contributed by atoms with van der Waals surface area (Å²) in [5.41, 5.74) is 1.30. The molecule has 0 spiro atoms. The van der Waals surface area contributed by atoms with Gasteiger partial charge in [0, 0.05) is 4.88 Å². The quantitative estimate of drug-likeness (QED) is 0.572. The average molecular weight is 387 g/mol. The fraction of sp³-hybridized carbons (Fsp3) is 0.278. The molecule has 4 heterocycles. The van der Waals surface area contributed by atoms with E-state index in [1.807, 2.05) is 53.3 Å². The van der Waals surface area contributed by atoms with Crippen LogP contribution in [0.3, 0.4) is 0 Å². The molecular weight excluding hydrogens is 368 g/mol. The van der Waals surface area contributed by atoms with Crippen LogP contribution < -0.4 is 10.9 Å². The van der Waals surface area contributed by atoms with E-state index < -0.39 is 6.04 Å². The molecule has 0 aliphatic heterocycles. The Balaban J connectivity index is 1.72. The maximum atomic E-state index is 13.0. The second-order valence-electron chi connectivity index (χ2n) is 6.05. The average Bonchev–Trinajstić information content (AvgIpc) is 3.34. The number of nitrogens with zero attached hydrogens (tertiary/aromatic N) is 3. The van der Waals surface area contributed by atoms with Crippen molar-refractivity contribution in [1.82, 2.24) is 19.5 Å². The largest absolute Gasteiger partial charge is 0.349 e. The lowest BCUT2D eigenvalue weighted by Crippen LogP contribution is -2.39. The van der Waals surface area contributed by atoms with Gasteiger partial charge in [-0.2, -0.15) is 5.10 Å². The molecule has 0 aromatic carbocycles. The van der Waals surface area contributed by atoms with E-state index in [2.05, 4.69) is 10.4 Å². The third-order valence-electron chi connectivity index (χ3n) is 4.43. The van der Waals surface area contributed by atoms with Crippen molar-refractivity contribution in [3.8, 4) is 0 Å². The van der Waals surface area contributed by atoms with Crippen molar-refractivity contribution in [3.63, 3.8) is 0 Å². The number of amides is 1. The molecule has 0 unspecified atom stereocenters. The molecule has 4 aromatic heterocycles. The number of nitrogens with one attached hydrogen (secondary N) is 1. The van der Waals surface area contributed by atoms with Gasteiger partial charge in [-0.15, -0.1) is 22.7 Å². The highest BCUT2D eigenvalue weighted by Crippen LogP contribution is 2.25. The number of fused-ring (bicyclic) bond motifs is 3. The molecule has 0 aliphatic rings. The molecule has 4 aromatic rings. The summed E-state index contributed by atoms with van der Waals surface area (Å²) in [6.45, 7) is 4.21. The van der Waals surface area contributed by atoms with E-state index in [0.29, 0.717) is 24.3 Å². The zero-order valence-electron chi connectivity index (χ0n) is 14.4. The molecule has 0 radical (unpaired) electrons. The highest BCUT2D eigenvalue weighted by atomic mass is 32.1. The Kier molecular flexibility index (Phi) is 4.37. The number of thiophene rings is 2. The van der Waals surface area contributed by atoms with Gasteiger partial charge in [-0.25, -0.2) is 4.68 Å². The molecular formula is C18H18N4O2S2. The van der Waals surface area contributed by atoms with Gasteiger partial charge in [0.15, 0.2) is 0 Å². The SMILES string of the molecule is CC[C@H](C(=O)NCc1cccs1)n1nc(C)n2c(cc3sccc32)c1=O. The van der Waals surface area contributed by atoms with E-state index >= 15 is 0 Å². The number of aromatic nitrogens is 3. The van der Waals surface area contributed by atoms with Gasteiger partial charge in [0.1, 0.15) is 17.4 Å².